The van der Waals surface area contributed by atoms with Gasteiger partial charge in [-0.05, 0) is 23.3 Å². The number of hydrogen-bond acceptors (Lipinski definition) is 4. The molecular weight excluding hydrogens is 423 g/mol. The molecule has 0 fully saturated rings. The largest absolute Gasteiger partial charge is 0.491 e. The lowest BCUT2D eigenvalue weighted by Crippen LogP contribution is -2.21. The van der Waals surface area contributed by atoms with Crippen molar-refractivity contribution in [3.05, 3.63) is 83.9 Å². The maximum absolute atomic E-state index is 10.6. The van der Waals surface area contributed by atoms with Gasteiger partial charge in [0.1, 0.15) is 24.7 Å². The van der Waals surface area contributed by atoms with Gasteiger partial charge in [0.15, 0.2) is 0 Å². The first-order chi connectivity index (χ1) is 15.3. The number of carboxylic acid groups (broad SMARTS) is 1. The van der Waals surface area contributed by atoms with Crippen LogP contribution in [0.3, 0.4) is 0 Å². The highest BCUT2D eigenvalue weighted by molar-refractivity contribution is 5.73. The molecule has 0 saturated carbocycles. The van der Waals surface area contributed by atoms with Crippen LogP contribution in [0.1, 0.15) is 11.1 Å². The van der Waals surface area contributed by atoms with Crippen molar-refractivity contribution in [1.82, 2.24) is 5.32 Å². The summed E-state index contributed by atoms with van der Waals surface area (Å²) in [5.74, 6) is -0.911. The fourth-order valence-electron chi connectivity index (χ4n) is 3.06. The minimum absolute atomic E-state index is 0.567. The van der Waals surface area contributed by atoms with E-state index in [2.05, 4.69) is 47.8 Å². The number of ether oxygens (including phenoxy) is 2. The molecule has 0 bridgehead atoms. The van der Waals surface area contributed by atoms with Crippen LogP contribution in [0.4, 0.5) is 13.2 Å². The summed E-state index contributed by atoms with van der Waals surface area (Å²) >= 11 is 0. The van der Waals surface area contributed by atoms with E-state index < -0.39 is 12.1 Å². The Labute approximate surface area is 183 Å². The Morgan fingerprint density at radius 1 is 1.03 bits per heavy atom. The number of alkyl halides is 3. The average molecular weight is 445 g/mol. The minimum atomic E-state index is -5.08. The molecule has 1 heterocycles. The molecule has 0 unspecified atom stereocenters. The second-order valence-electron chi connectivity index (χ2n) is 6.92. The summed E-state index contributed by atoms with van der Waals surface area (Å²) < 4.78 is 43.7. The number of para-hydroxylation sites is 1. The normalized spacial score (nSPS) is 13.0. The maximum atomic E-state index is 10.6. The molecule has 168 valence electrons. The van der Waals surface area contributed by atoms with Gasteiger partial charge in [0.25, 0.3) is 0 Å². The summed E-state index contributed by atoms with van der Waals surface area (Å²) in [7, 11) is 0. The van der Waals surface area contributed by atoms with Gasteiger partial charge < -0.3 is 19.9 Å². The van der Waals surface area contributed by atoms with Crippen molar-refractivity contribution in [2.45, 2.75) is 19.3 Å². The van der Waals surface area contributed by atoms with Gasteiger partial charge in [-0.15, -0.1) is 0 Å². The number of fused-ring (bicyclic) bond motifs is 1. The first-order valence-corrected chi connectivity index (χ1v) is 9.87. The summed E-state index contributed by atoms with van der Waals surface area (Å²) in [5, 5.41) is 10.5. The van der Waals surface area contributed by atoms with Crippen LogP contribution in [0.2, 0.25) is 0 Å². The first kappa shape index (κ1) is 23.1. The fourth-order valence-corrected chi connectivity index (χ4v) is 3.06. The van der Waals surface area contributed by atoms with Crippen LogP contribution >= 0.6 is 0 Å². The highest BCUT2D eigenvalue weighted by atomic mass is 19.4. The van der Waals surface area contributed by atoms with E-state index in [0.717, 1.165) is 41.3 Å². The molecule has 0 aromatic heterocycles. The van der Waals surface area contributed by atoms with E-state index in [1.807, 2.05) is 30.3 Å². The Morgan fingerprint density at radius 2 is 1.75 bits per heavy atom. The zero-order valence-corrected chi connectivity index (χ0v) is 17.1. The molecule has 3 aromatic carbocycles. The summed E-state index contributed by atoms with van der Waals surface area (Å²) in [4.78, 5) is 8.90. The van der Waals surface area contributed by atoms with E-state index in [-0.39, 0.29) is 0 Å². The van der Waals surface area contributed by atoms with E-state index >= 15 is 0 Å². The molecule has 0 radical (unpaired) electrons. The lowest BCUT2D eigenvalue weighted by atomic mass is 10.0. The molecule has 0 saturated heterocycles. The predicted octanol–water partition coefficient (Wildman–Crippen LogP) is 5.05. The molecule has 0 atom stereocenters. The molecule has 32 heavy (non-hydrogen) atoms. The van der Waals surface area contributed by atoms with E-state index in [0.29, 0.717) is 13.2 Å². The van der Waals surface area contributed by atoms with Crippen LogP contribution in [-0.2, 0) is 17.9 Å². The van der Waals surface area contributed by atoms with Gasteiger partial charge in [-0.25, -0.2) is 4.79 Å². The maximum Gasteiger partial charge on any atom is 0.490 e. The highest BCUT2D eigenvalue weighted by Crippen LogP contribution is 2.35. The van der Waals surface area contributed by atoms with E-state index in [9.17, 15) is 13.2 Å². The van der Waals surface area contributed by atoms with E-state index in [1.165, 1.54) is 5.56 Å². The number of halogens is 3. The second kappa shape index (κ2) is 10.7. The van der Waals surface area contributed by atoms with Crippen LogP contribution in [0.15, 0.2) is 72.8 Å². The summed E-state index contributed by atoms with van der Waals surface area (Å²) in [5.41, 5.74) is 4.59. The lowest BCUT2D eigenvalue weighted by Gasteiger charge is -2.14. The van der Waals surface area contributed by atoms with Crippen LogP contribution in [0, 0.1) is 0 Å². The van der Waals surface area contributed by atoms with Gasteiger partial charge in [-0.1, -0.05) is 60.7 Å². The molecule has 2 N–H and O–H groups in total. The molecule has 5 nitrogen and oxygen atoms in total. The SMILES string of the molecule is O=C(O)C(F)(F)F.c1ccc(COc2cccc(-c3cccc4c3OCCNC4)c2)cc1. The summed E-state index contributed by atoms with van der Waals surface area (Å²) in [6, 6.07) is 24.7. The number of carboxylic acids is 1. The van der Waals surface area contributed by atoms with Crippen molar-refractivity contribution in [2.75, 3.05) is 13.2 Å². The van der Waals surface area contributed by atoms with Crippen molar-refractivity contribution in [3.8, 4) is 22.6 Å². The van der Waals surface area contributed by atoms with Crippen molar-refractivity contribution in [3.63, 3.8) is 0 Å². The Bertz CT molecular complexity index is 1040. The van der Waals surface area contributed by atoms with Crippen LogP contribution < -0.4 is 14.8 Å². The predicted molar refractivity (Wildman–Crippen MR) is 114 cm³/mol. The van der Waals surface area contributed by atoms with Crippen LogP contribution in [0.25, 0.3) is 11.1 Å². The number of hydrogen-bond donors (Lipinski definition) is 2. The Kier molecular flexibility index (Phi) is 7.72. The minimum Gasteiger partial charge on any atom is -0.491 e. The van der Waals surface area contributed by atoms with E-state index in [1.54, 1.807) is 0 Å². The van der Waals surface area contributed by atoms with Gasteiger partial charge >= 0.3 is 12.1 Å². The summed E-state index contributed by atoms with van der Waals surface area (Å²) in [6.45, 7) is 2.97. The van der Waals surface area contributed by atoms with E-state index in [4.69, 9.17) is 19.4 Å². The number of nitrogens with one attached hydrogen (secondary N) is 1. The quantitative estimate of drug-likeness (QED) is 0.589. The van der Waals surface area contributed by atoms with Crippen molar-refractivity contribution in [1.29, 1.82) is 0 Å². The van der Waals surface area contributed by atoms with Gasteiger partial charge in [0, 0.05) is 24.2 Å². The van der Waals surface area contributed by atoms with Gasteiger partial charge in [-0.2, -0.15) is 13.2 Å². The molecule has 1 aliphatic rings. The Balaban J connectivity index is 0.000000360. The highest BCUT2D eigenvalue weighted by Gasteiger charge is 2.38. The molecule has 3 aromatic rings. The molecule has 4 rings (SSSR count). The molecule has 0 spiro atoms. The second-order valence-corrected chi connectivity index (χ2v) is 6.92. The third-order valence-corrected chi connectivity index (χ3v) is 4.57. The zero-order chi connectivity index (χ0) is 23.0. The third-order valence-electron chi connectivity index (χ3n) is 4.57. The van der Waals surface area contributed by atoms with Crippen molar-refractivity contribution >= 4 is 5.97 Å². The van der Waals surface area contributed by atoms with Gasteiger partial charge in [0.2, 0.25) is 0 Å². The average Bonchev–Trinajstić information content (AvgIpc) is 3.04. The molecule has 0 amide bonds. The third kappa shape index (κ3) is 6.49. The Morgan fingerprint density at radius 3 is 2.47 bits per heavy atom. The molecule has 1 aliphatic heterocycles. The monoisotopic (exact) mass is 445 g/mol. The lowest BCUT2D eigenvalue weighted by molar-refractivity contribution is -0.192. The van der Waals surface area contributed by atoms with Gasteiger partial charge in [0.05, 0.1) is 0 Å². The first-order valence-electron chi connectivity index (χ1n) is 9.87. The van der Waals surface area contributed by atoms with Crippen molar-refractivity contribution < 1.29 is 32.5 Å². The standard InChI is InChI=1S/C22H21NO2.C2HF3O2/c1-2-6-17(7-3-1)16-25-20-10-4-8-18(14-20)21-11-5-9-19-15-23-12-13-24-22(19)21;3-2(4,5)1(6)7/h1-11,14,23H,12-13,15-16H2;(H,6,7). The summed E-state index contributed by atoms with van der Waals surface area (Å²) in [6.07, 6.45) is -5.08. The topological polar surface area (TPSA) is 67.8 Å². The number of carbonyl (C=O) groups is 1. The molecule has 8 heteroatoms. The van der Waals surface area contributed by atoms with Crippen LogP contribution in [-0.4, -0.2) is 30.4 Å². The van der Waals surface area contributed by atoms with Crippen LogP contribution in [0.5, 0.6) is 11.5 Å². The fraction of sp³-hybridized carbons (Fsp3) is 0.208. The molecule has 0 aliphatic carbocycles. The number of rotatable bonds is 4. The Hall–Kier alpha value is -3.52. The number of benzene rings is 3. The van der Waals surface area contributed by atoms with Gasteiger partial charge in [-0.3, -0.25) is 0 Å². The molecular formula is C24H22F3NO4. The zero-order valence-electron chi connectivity index (χ0n) is 17.1. The van der Waals surface area contributed by atoms with Crippen molar-refractivity contribution in [2.24, 2.45) is 0 Å². The smallest absolute Gasteiger partial charge is 0.490 e. The number of aliphatic carboxylic acids is 1.